The highest BCUT2D eigenvalue weighted by Crippen LogP contribution is 2.32. The van der Waals surface area contributed by atoms with Gasteiger partial charge in [-0.15, -0.1) is 0 Å². The Hall–Kier alpha value is -3.32. The van der Waals surface area contributed by atoms with Gasteiger partial charge in [-0.1, -0.05) is 26.0 Å². The lowest BCUT2D eigenvalue weighted by Crippen LogP contribution is -2.31. The van der Waals surface area contributed by atoms with Crippen LogP contribution in [0.2, 0.25) is 0 Å². The number of rotatable bonds is 7. The molecule has 0 aliphatic carbocycles. The summed E-state index contributed by atoms with van der Waals surface area (Å²) in [6, 6.07) is 9.95. The predicted octanol–water partition coefficient (Wildman–Crippen LogP) is 4.26. The number of aromatic nitrogens is 2. The molecule has 0 aliphatic heterocycles. The van der Waals surface area contributed by atoms with Gasteiger partial charge in [0.2, 0.25) is 0 Å². The fourth-order valence-corrected chi connectivity index (χ4v) is 3.02. The minimum Gasteiger partial charge on any atom is -0.392 e. The molecule has 0 saturated heterocycles. The molecule has 0 saturated carbocycles. The van der Waals surface area contributed by atoms with Gasteiger partial charge in [-0.2, -0.15) is 0 Å². The van der Waals surface area contributed by atoms with Crippen molar-refractivity contribution in [3.63, 3.8) is 0 Å². The van der Waals surface area contributed by atoms with Crippen molar-refractivity contribution in [1.82, 2.24) is 15.3 Å². The first kappa shape index (κ1) is 21.4. The van der Waals surface area contributed by atoms with Gasteiger partial charge < -0.3 is 15.7 Å². The van der Waals surface area contributed by atoms with Crippen LogP contribution in [0.25, 0.3) is 11.3 Å². The highest BCUT2D eigenvalue weighted by atomic mass is 19.1. The molecule has 3 rings (SSSR count). The van der Waals surface area contributed by atoms with Gasteiger partial charge in [0, 0.05) is 36.4 Å². The van der Waals surface area contributed by atoms with Gasteiger partial charge in [0.05, 0.1) is 23.0 Å². The first-order valence-electron chi connectivity index (χ1n) is 9.79. The molecule has 0 fully saturated rings. The summed E-state index contributed by atoms with van der Waals surface area (Å²) in [5, 5.41) is 15.4. The van der Waals surface area contributed by atoms with Crippen molar-refractivity contribution in [2.24, 2.45) is 0 Å². The summed E-state index contributed by atoms with van der Waals surface area (Å²) in [6.07, 6.45) is 4.12. The van der Waals surface area contributed by atoms with Crippen LogP contribution in [0, 0.1) is 5.82 Å². The van der Waals surface area contributed by atoms with E-state index in [9.17, 15) is 14.3 Å². The summed E-state index contributed by atoms with van der Waals surface area (Å²) >= 11 is 0. The van der Waals surface area contributed by atoms with Crippen LogP contribution in [-0.2, 0) is 0 Å². The van der Waals surface area contributed by atoms with Gasteiger partial charge in [-0.3, -0.25) is 14.8 Å². The molecule has 0 radical (unpaired) electrons. The number of benzene rings is 1. The van der Waals surface area contributed by atoms with Crippen LogP contribution in [0.3, 0.4) is 0 Å². The van der Waals surface area contributed by atoms with Crippen LogP contribution in [-0.4, -0.2) is 33.6 Å². The van der Waals surface area contributed by atoms with Gasteiger partial charge in [-0.25, -0.2) is 4.39 Å². The molecule has 0 spiro atoms. The SMILES string of the molecule is CC(O)CNC(=O)c1cnccc1Nc1cc(-c2ccccc2F)ncc1C(C)C. The van der Waals surface area contributed by atoms with Gasteiger partial charge in [-0.05, 0) is 42.7 Å². The summed E-state index contributed by atoms with van der Waals surface area (Å²) < 4.78 is 14.3. The lowest BCUT2D eigenvalue weighted by molar-refractivity contribution is 0.0924. The Kier molecular flexibility index (Phi) is 6.74. The minimum atomic E-state index is -0.655. The molecule has 0 bridgehead atoms. The quantitative estimate of drug-likeness (QED) is 0.544. The molecule has 156 valence electrons. The van der Waals surface area contributed by atoms with E-state index in [-0.39, 0.29) is 24.2 Å². The van der Waals surface area contributed by atoms with Gasteiger partial charge >= 0.3 is 0 Å². The lowest BCUT2D eigenvalue weighted by atomic mass is 10.0. The van der Waals surface area contributed by atoms with E-state index in [0.717, 1.165) is 11.3 Å². The Morgan fingerprint density at radius 3 is 2.60 bits per heavy atom. The number of carbonyl (C=O) groups is 1. The van der Waals surface area contributed by atoms with Crippen molar-refractivity contribution in [1.29, 1.82) is 0 Å². The van der Waals surface area contributed by atoms with Crippen molar-refractivity contribution < 1.29 is 14.3 Å². The Balaban J connectivity index is 1.99. The third-order valence-corrected chi connectivity index (χ3v) is 4.60. The molecule has 30 heavy (non-hydrogen) atoms. The molecule has 1 unspecified atom stereocenters. The van der Waals surface area contributed by atoms with E-state index in [2.05, 4.69) is 20.6 Å². The molecule has 7 heteroatoms. The molecule has 1 aromatic carbocycles. The van der Waals surface area contributed by atoms with Crippen LogP contribution < -0.4 is 10.6 Å². The van der Waals surface area contributed by atoms with E-state index in [0.29, 0.717) is 22.5 Å². The van der Waals surface area contributed by atoms with Crippen molar-refractivity contribution in [2.45, 2.75) is 32.8 Å². The van der Waals surface area contributed by atoms with E-state index >= 15 is 0 Å². The zero-order valence-corrected chi connectivity index (χ0v) is 17.2. The highest BCUT2D eigenvalue weighted by molar-refractivity contribution is 6.00. The van der Waals surface area contributed by atoms with Crippen LogP contribution in [0.15, 0.2) is 55.0 Å². The monoisotopic (exact) mass is 408 g/mol. The predicted molar refractivity (Wildman–Crippen MR) is 115 cm³/mol. The van der Waals surface area contributed by atoms with Crippen molar-refractivity contribution in [3.05, 3.63) is 71.9 Å². The second-order valence-corrected chi connectivity index (χ2v) is 7.40. The first-order chi connectivity index (χ1) is 14.4. The molecule has 2 aromatic heterocycles. The molecule has 0 aliphatic rings. The number of carbonyl (C=O) groups excluding carboxylic acids is 1. The minimum absolute atomic E-state index is 0.136. The third kappa shape index (κ3) is 4.99. The number of hydrogen-bond acceptors (Lipinski definition) is 5. The van der Waals surface area contributed by atoms with E-state index in [1.54, 1.807) is 49.6 Å². The maximum atomic E-state index is 14.3. The molecule has 2 heterocycles. The molecule has 1 atom stereocenters. The second-order valence-electron chi connectivity index (χ2n) is 7.40. The van der Waals surface area contributed by atoms with Crippen molar-refractivity contribution >= 4 is 17.3 Å². The number of nitrogens with one attached hydrogen (secondary N) is 2. The zero-order valence-electron chi connectivity index (χ0n) is 17.2. The van der Waals surface area contributed by atoms with Crippen LogP contribution in [0.5, 0.6) is 0 Å². The van der Waals surface area contributed by atoms with Gasteiger partial charge in [0.25, 0.3) is 5.91 Å². The van der Waals surface area contributed by atoms with E-state index < -0.39 is 6.10 Å². The lowest BCUT2D eigenvalue weighted by Gasteiger charge is -2.18. The number of nitrogens with zero attached hydrogens (tertiary/aromatic N) is 2. The molecular formula is C23H25FN4O2. The maximum absolute atomic E-state index is 14.3. The largest absolute Gasteiger partial charge is 0.392 e. The Morgan fingerprint density at radius 1 is 1.13 bits per heavy atom. The van der Waals surface area contributed by atoms with Crippen molar-refractivity contribution in [3.8, 4) is 11.3 Å². The normalized spacial score (nSPS) is 11.9. The maximum Gasteiger partial charge on any atom is 0.255 e. The average Bonchev–Trinajstić information content (AvgIpc) is 2.72. The Bertz CT molecular complexity index is 1040. The Labute approximate surface area is 175 Å². The molecule has 3 N–H and O–H groups in total. The fraction of sp³-hybridized carbons (Fsp3) is 0.261. The summed E-state index contributed by atoms with van der Waals surface area (Å²) in [4.78, 5) is 21.0. The number of halogens is 1. The second kappa shape index (κ2) is 9.45. The summed E-state index contributed by atoms with van der Waals surface area (Å²) in [7, 11) is 0. The van der Waals surface area contributed by atoms with Crippen LogP contribution in [0.1, 0.15) is 42.6 Å². The topological polar surface area (TPSA) is 87.1 Å². The number of hydrogen-bond donors (Lipinski definition) is 3. The van der Waals surface area contributed by atoms with Gasteiger partial charge in [0.1, 0.15) is 5.82 Å². The summed E-state index contributed by atoms with van der Waals surface area (Å²) in [5.41, 5.74) is 3.46. The average molecular weight is 408 g/mol. The van der Waals surface area contributed by atoms with Crippen LogP contribution in [0.4, 0.5) is 15.8 Å². The van der Waals surface area contributed by atoms with E-state index in [4.69, 9.17) is 0 Å². The van der Waals surface area contributed by atoms with E-state index in [1.165, 1.54) is 12.3 Å². The number of aliphatic hydroxyl groups is 1. The molecule has 1 amide bonds. The molecule has 6 nitrogen and oxygen atoms in total. The van der Waals surface area contributed by atoms with Crippen molar-refractivity contribution in [2.75, 3.05) is 11.9 Å². The zero-order chi connectivity index (χ0) is 21.7. The number of amides is 1. The van der Waals surface area contributed by atoms with Crippen LogP contribution >= 0.6 is 0 Å². The molecular weight excluding hydrogens is 383 g/mol. The standard InChI is InChI=1S/C23H25FN4O2/c1-14(2)17-13-26-21(16-6-4-5-7-19(16)24)10-22(17)28-20-8-9-25-12-18(20)23(30)27-11-15(3)29/h4-10,12-15,29H,11H2,1-3H3,(H,27,30)(H,25,26,28). The highest BCUT2D eigenvalue weighted by Gasteiger charge is 2.16. The van der Waals surface area contributed by atoms with E-state index in [1.807, 2.05) is 13.8 Å². The molecule has 3 aromatic rings. The number of pyridine rings is 2. The summed E-state index contributed by atoms with van der Waals surface area (Å²) in [5.74, 6) is -0.541. The fourth-order valence-electron chi connectivity index (χ4n) is 3.02. The third-order valence-electron chi connectivity index (χ3n) is 4.60. The summed E-state index contributed by atoms with van der Waals surface area (Å²) in [6.45, 7) is 5.80. The van der Waals surface area contributed by atoms with Gasteiger partial charge in [0.15, 0.2) is 0 Å². The smallest absolute Gasteiger partial charge is 0.255 e. The first-order valence-corrected chi connectivity index (χ1v) is 9.79. The number of anilines is 2. The number of aliphatic hydroxyl groups excluding tert-OH is 1. The Morgan fingerprint density at radius 2 is 1.90 bits per heavy atom.